The van der Waals surface area contributed by atoms with Gasteiger partial charge in [0.1, 0.15) is 0 Å². The number of benzene rings is 7. The average molecular weight is 948 g/mol. The topological polar surface area (TPSA) is 30.7 Å². The van der Waals surface area contributed by atoms with Crippen molar-refractivity contribution < 1.29 is 20.1 Å². The number of hydrogen-bond donors (Lipinski definition) is 0. The molecule has 7 aromatic carbocycles. The molecule has 2 heterocycles. The molecule has 9 rings (SSSR count). The second-order valence-electron chi connectivity index (χ2n) is 16.5. The predicted molar refractivity (Wildman–Crippen MR) is 245 cm³/mol. The number of fused-ring (bicyclic) bond motifs is 4. The molecule has 291 valence electrons. The Morgan fingerprint density at radius 3 is 1.93 bits per heavy atom. The Bertz CT molecular complexity index is 2790. The van der Waals surface area contributed by atoms with Gasteiger partial charge in [-0.15, -0.1) is 65.0 Å². The van der Waals surface area contributed by atoms with Crippen molar-refractivity contribution in [2.24, 2.45) is 0 Å². The molecule has 0 atom stereocenters. The van der Waals surface area contributed by atoms with E-state index < -0.39 is 8.07 Å². The van der Waals surface area contributed by atoms with Crippen molar-refractivity contribution >= 4 is 45.8 Å². The van der Waals surface area contributed by atoms with Crippen LogP contribution in [0, 0.1) is 12.1 Å². The Balaban J connectivity index is 0.000000254. The Labute approximate surface area is 358 Å². The van der Waals surface area contributed by atoms with Crippen LogP contribution in [0.3, 0.4) is 0 Å². The molecule has 5 heteroatoms. The Morgan fingerprint density at radius 2 is 1.26 bits per heavy atom. The summed E-state index contributed by atoms with van der Waals surface area (Å²) in [6.07, 6.45) is 2.02. The first kappa shape index (κ1) is 40.7. The Kier molecular flexibility index (Phi) is 12.1. The summed E-state index contributed by atoms with van der Waals surface area (Å²) >= 11 is 0. The molecule has 0 bridgehead atoms. The molecule has 0 N–H and O–H groups in total. The molecule has 0 saturated heterocycles. The summed E-state index contributed by atoms with van der Waals surface area (Å²) in [5.41, 5.74) is 11.6. The van der Waals surface area contributed by atoms with E-state index in [1.165, 1.54) is 54.7 Å². The summed E-state index contributed by atoms with van der Waals surface area (Å²) in [6.45, 7) is 16.2. The van der Waals surface area contributed by atoms with Gasteiger partial charge in [-0.05, 0) is 74.6 Å². The fraction of sp³-hybridized carbons (Fsp3) is 0.170. The minimum absolute atomic E-state index is 0. The van der Waals surface area contributed by atoms with E-state index >= 15 is 0 Å². The molecule has 58 heavy (non-hydrogen) atoms. The third kappa shape index (κ3) is 8.26. The van der Waals surface area contributed by atoms with E-state index in [0.717, 1.165) is 33.7 Å². The molecule has 3 nitrogen and oxygen atoms in total. The number of rotatable bonds is 7. The van der Waals surface area contributed by atoms with Gasteiger partial charge in [-0.1, -0.05) is 149 Å². The number of para-hydroxylation sites is 2. The Hall–Kier alpha value is -5.45. The SMILES string of the molecule is CC(C)c1cc(-c2ccccc2)cc(C(C)C)c1-n1c(-c2[c-]cc3c(ccc4ccccc43)c2)nc2ccccc21.C[Si](C)(C)c1ccc(-c2[c-]cccc2)nc1.[Ir]. The van der Waals surface area contributed by atoms with Crippen molar-refractivity contribution in [2.45, 2.75) is 59.2 Å². The van der Waals surface area contributed by atoms with Crippen LogP contribution in [0.5, 0.6) is 0 Å². The van der Waals surface area contributed by atoms with Crippen LogP contribution in [0.4, 0.5) is 0 Å². The van der Waals surface area contributed by atoms with E-state index in [-0.39, 0.29) is 20.1 Å². The van der Waals surface area contributed by atoms with Gasteiger partial charge in [-0.3, -0.25) is 4.98 Å². The molecule has 0 saturated carbocycles. The van der Waals surface area contributed by atoms with Gasteiger partial charge >= 0.3 is 0 Å². The monoisotopic (exact) mass is 948 g/mol. The minimum Gasteiger partial charge on any atom is -0.333 e. The van der Waals surface area contributed by atoms with E-state index in [1.54, 1.807) is 0 Å². The average Bonchev–Trinajstić information content (AvgIpc) is 3.63. The van der Waals surface area contributed by atoms with Gasteiger partial charge in [0.05, 0.1) is 24.9 Å². The Morgan fingerprint density at radius 1 is 0.586 bits per heavy atom. The molecular formula is C53H49IrN3Si-2. The van der Waals surface area contributed by atoms with E-state index in [1.807, 2.05) is 30.5 Å². The van der Waals surface area contributed by atoms with Gasteiger partial charge < -0.3 is 9.55 Å². The van der Waals surface area contributed by atoms with Crippen LogP contribution in [0.25, 0.3) is 72.0 Å². The molecule has 0 spiro atoms. The number of pyridine rings is 1. The maximum Gasteiger partial charge on any atom is 0.0795 e. The van der Waals surface area contributed by atoms with Crippen LogP contribution < -0.4 is 5.19 Å². The van der Waals surface area contributed by atoms with E-state index in [0.29, 0.717) is 11.8 Å². The third-order valence-electron chi connectivity index (χ3n) is 10.8. The molecule has 1 radical (unpaired) electrons. The summed E-state index contributed by atoms with van der Waals surface area (Å²) in [4.78, 5) is 9.76. The fourth-order valence-corrected chi connectivity index (χ4v) is 8.71. The molecule has 0 amide bonds. The summed E-state index contributed by atoms with van der Waals surface area (Å²) in [5, 5.41) is 6.31. The van der Waals surface area contributed by atoms with Crippen LogP contribution in [0.15, 0.2) is 158 Å². The molecule has 0 fully saturated rings. The van der Waals surface area contributed by atoms with Crippen LogP contribution >= 0.6 is 0 Å². The van der Waals surface area contributed by atoms with Gasteiger partial charge in [0.15, 0.2) is 0 Å². The first-order chi connectivity index (χ1) is 27.6. The molecule has 9 aromatic rings. The van der Waals surface area contributed by atoms with Crippen molar-refractivity contribution in [2.75, 3.05) is 0 Å². The quantitative estimate of drug-likeness (QED) is 0.0905. The van der Waals surface area contributed by atoms with Crippen molar-refractivity contribution in [3.63, 3.8) is 0 Å². The number of imidazole rings is 1. The summed E-state index contributed by atoms with van der Waals surface area (Å²) in [5.74, 6) is 1.58. The minimum atomic E-state index is -1.23. The number of hydrogen-bond acceptors (Lipinski definition) is 2. The first-order valence-electron chi connectivity index (χ1n) is 20.0. The van der Waals surface area contributed by atoms with Gasteiger partial charge in [-0.25, -0.2) is 0 Å². The van der Waals surface area contributed by atoms with Crippen LogP contribution in [-0.2, 0) is 20.1 Å². The van der Waals surface area contributed by atoms with Crippen molar-refractivity contribution in [1.82, 2.24) is 14.5 Å². The normalized spacial score (nSPS) is 11.5. The van der Waals surface area contributed by atoms with Gasteiger partial charge in [0.2, 0.25) is 0 Å². The zero-order valence-electron chi connectivity index (χ0n) is 34.3. The number of nitrogens with zero attached hydrogens (tertiary/aromatic N) is 3. The predicted octanol–water partition coefficient (Wildman–Crippen LogP) is 13.8. The maximum atomic E-state index is 5.24. The zero-order valence-corrected chi connectivity index (χ0v) is 37.7. The molecule has 0 aliphatic carbocycles. The third-order valence-corrected chi connectivity index (χ3v) is 12.9. The zero-order chi connectivity index (χ0) is 39.7. The second-order valence-corrected chi connectivity index (χ2v) is 21.6. The molecule has 0 aliphatic heterocycles. The molecular weight excluding hydrogens is 899 g/mol. The van der Waals surface area contributed by atoms with Crippen molar-refractivity contribution in [1.29, 1.82) is 0 Å². The van der Waals surface area contributed by atoms with Crippen LogP contribution in [0.2, 0.25) is 19.6 Å². The van der Waals surface area contributed by atoms with Gasteiger partial charge in [0.25, 0.3) is 0 Å². The number of aromatic nitrogens is 3. The van der Waals surface area contributed by atoms with Crippen LogP contribution in [0.1, 0.15) is 50.7 Å². The van der Waals surface area contributed by atoms with E-state index in [2.05, 4.69) is 196 Å². The van der Waals surface area contributed by atoms with Gasteiger partial charge in [0, 0.05) is 32.0 Å². The summed E-state index contributed by atoms with van der Waals surface area (Å²) in [7, 11) is -1.23. The van der Waals surface area contributed by atoms with E-state index in [9.17, 15) is 0 Å². The fourth-order valence-electron chi connectivity index (χ4n) is 7.67. The molecule has 0 aliphatic rings. The largest absolute Gasteiger partial charge is 0.333 e. The van der Waals surface area contributed by atoms with E-state index in [4.69, 9.17) is 4.98 Å². The standard InChI is InChI=1S/C39H33N2.C14H16NSi.Ir/c1-25(2)34-23-31(27-12-6-5-7-13-27)24-35(26(3)4)38(34)41-37-17-11-10-16-36(37)40-39(41)30-20-21-33-29(22-30)19-18-28-14-8-9-15-32(28)33;1-16(2,3)13-9-10-14(15-11-13)12-7-5-4-6-8-12;/h5-19,21-26H,1-4H3;4-7,9-11H,1-3H3;/q2*-1;. The smallest absolute Gasteiger partial charge is 0.0795 e. The summed E-state index contributed by atoms with van der Waals surface area (Å²) in [6, 6.07) is 60.5. The molecule has 0 unspecified atom stereocenters. The van der Waals surface area contributed by atoms with Crippen molar-refractivity contribution in [3.8, 4) is 39.5 Å². The van der Waals surface area contributed by atoms with Crippen LogP contribution in [-0.4, -0.2) is 22.6 Å². The second kappa shape index (κ2) is 17.2. The molecule has 2 aromatic heterocycles. The van der Waals surface area contributed by atoms with Gasteiger partial charge in [-0.2, -0.15) is 0 Å². The maximum absolute atomic E-state index is 5.24. The summed E-state index contributed by atoms with van der Waals surface area (Å²) < 4.78 is 2.40. The van der Waals surface area contributed by atoms with Crippen molar-refractivity contribution in [3.05, 3.63) is 181 Å². The first-order valence-corrected chi connectivity index (χ1v) is 23.5.